The molecule has 0 bridgehead atoms. The molecule has 2 rings (SSSR count). The van der Waals surface area contributed by atoms with E-state index in [0.717, 1.165) is 23.7 Å². The molecule has 39 heavy (non-hydrogen) atoms. The van der Waals surface area contributed by atoms with Crippen molar-refractivity contribution < 1.29 is 28.7 Å². The van der Waals surface area contributed by atoms with Gasteiger partial charge < -0.3 is 25.4 Å². The second kappa shape index (κ2) is 16.9. The molecule has 0 aromatic heterocycles. The summed E-state index contributed by atoms with van der Waals surface area (Å²) in [7, 11) is 0. The monoisotopic (exact) mass is 605 g/mol. The van der Waals surface area contributed by atoms with Crippen molar-refractivity contribution in [1.82, 2.24) is 10.6 Å². The van der Waals surface area contributed by atoms with E-state index in [0.29, 0.717) is 5.69 Å². The molecule has 2 amide bonds. The number of anilines is 1. The van der Waals surface area contributed by atoms with Gasteiger partial charge in [0.15, 0.2) is 5.78 Å². The fourth-order valence-corrected chi connectivity index (χ4v) is 4.28. The van der Waals surface area contributed by atoms with Crippen LogP contribution >= 0.6 is 15.9 Å². The number of benzene rings is 1. The number of hydrogen-bond acceptors (Lipinski definition) is 7. The summed E-state index contributed by atoms with van der Waals surface area (Å²) in [5.41, 5.74) is 1.45. The van der Waals surface area contributed by atoms with Crippen LogP contribution in [-0.2, 0) is 30.5 Å². The molecule has 0 spiro atoms. The zero-order valence-corrected chi connectivity index (χ0v) is 24.5. The van der Waals surface area contributed by atoms with Crippen LogP contribution in [0.4, 0.5) is 10.5 Å². The van der Waals surface area contributed by atoms with Crippen molar-refractivity contribution in [3.8, 4) is 0 Å². The summed E-state index contributed by atoms with van der Waals surface area (Å²) < 4.78 is 10.2. The van der Waals surface area contributed by atoms with Crippen molar-refractivity contribution in [2.75, 3.05) is 17.3 Å². The van der Waals surface area contributed by atoms with Gasteiger partial charge in [-0.1, -0.05) is 73.6 Å². The van der Waals surface area contributed by atoms with E-state index in [1.54, 1.807) is 24.3 Å². The first kappa shape index (κ1) is 32.2. The van der Waals surface area contributed by atoms with Crippen molar-refractivity contribution in [1.29, 1.82) is 0 Å². The normalized spacial score (nSPS) is 17.8. The fourth-order valence-electron chi connectivity index (χ4n) is 3.95. The smallest absolute Gasteiger partial charge is 0.408 e. The topological polar surface area (TPSA) is 133 Å². The lowest BCUT2D eigenvalue weighted by atomic mass is 9.94. The number of alkyl halides is 1. The molecule has 2 unspecified atom stereocenters. The summed E-state index contributed by atoms with van der Waals surface area (Å²) in [4.78, 5) is 49.4. The van der Waals surface area contributed by atoms with Gasteiger partial charge in [-0.3, -0.25) is 14.4 Å². The lowest BCUT2D eigenvalue weighted by Crippen LogP contribution is -2.45. The number of nitrogens with one attached hydrogen (secondary N) is 3. The lowest BCUT2D eigenvalue weighted by Gasteiger charge is -2.20. The van der Waals surface area contributed by atoms with Crippen LogP contribution in [-0.4, -0.2) is 53.8 Å². The highest BCUT2D eigenvalue weighted by Crippen LogP contribution is 2.26. The minimum atomic E-state index is -0.673. The first-order valence-electron chi connectivity index (χ1n) is 13.3. The van der Waals surface area contributed by atoms with E-state index in [-0.39, 0.29) is 67.6 Å². The van der Waals surface area contributed by atoms with Gasteiger partial charge in [-0.2, -0.15) is 0 Å². The van der Waals surface area contributed by atoms with Crippen LogP contribution in [0.1, 0.15) is 52.0 Å². The number of amides is 2. The fraction of sp³-hybridized carbons (Fsp3) is 0.517. The molecule has 4 atom stereocenters. The van der Waals surface area contributed by atoms with Gasteiger partial charge in [-0.05, 0) is 36.5 Å². The number of ether oxygens (including phenoxy) is 2. The minimum absolute atomic E-state index is 0.0653. The SMILES string of the molecule is C=CCOC(=O)N[C@H](C(=O)CC1NC1[C@@H](C)C(=O)Nc1ccc(COC(=O)C/C=C/CCCBr)cc1)C(C)C. The number of alkyl carbamates (subject to hydrolysis) is 1. The van der Waals surface area contributed by atoms with Crippen LogP contribution in [0.25, 0.3) is 0 Å². The highest BCUT2D eigenvalue weighted by Gasteiger charge is 2.45. The summed E-state index contributed by atoms with van der Waals surface area (Å²) in [6, 6.07) is 6.18. The maximum atomic E-state index is 12.8. The molecule has 1 aliphatic heterocycles. The maximum absolute atomic E-state index is 12.8. The molecule has 1 aliphatic rings. The van der Waals surface area contributed by atoms with Crippen molar-refractivity contribution >= 4 is 45.4 Å². The summed E-state index contributed by atoms with van der Waals surface area (Å²) in [5, 5.41) is 9.66. The molecular weight excluding hydrogens is 566 g/mol. The zero-order chi connectivity index (χ0) is 28.8. The number of ketones is 1. The second-order valence-corrected chi connectivity index (χ2v) is 10.7. The van der Waals surface area contributed by atoms with Gasteiger partial charge in [0.2, 0.25) is 5.91 Å². The Labute approximate surface area is 239 Å². The van der Waals surface area contributed by atoms with Gasteiger partial charge in [0.1, 0.15) is 13.2 Å². The average Bonchev–Trinajstić information content (AvgIpc) is 3.68. The van der Waals surface area contributed by atoms with E-state index in [1.165, 1.54) is 6.08 Å². The van der Waals surface area contributed by atoms with E-state index in [9.17, 15) is 19.2 Å². The average molecular weight is 607 g/mol. The summed E-state index contributed by atoms with van der Waals surface area (Å²) in [6.45, 7) is 9.24. The standard InChI is InChI=1S/C29H40BrN3O6/c1-5-16-38-29(37)33-26(19(2)3)24(34)17-23-27(32-23)20(4)28(36)31-22-13-11-21(12-14-22)18-39-25(35)10-8-6-7-9-15-30/h5-6,8,11-14,19-20,23,26-27,32H,1,7,9-10,15-18H2,2-4H3,(H,31,36)(H,33,37)/b8-6+/t20-,23?,26+,27?/m1/s1. The molecular formula is C29H40BrN3O6. The van der Waals surface area contributed by atoms with Gasteiger partial charge in [0.05, 0.1) is 18.4 Å². The molecule has 0 saturated carbocycles. The molecule has 1 aromatic carbocycles. The third-order valence-electron chi connectivity index (χ3n) is 6.30. The molecule has 1 heterocycles. The van der Waals surface area contributed by atoms with E-state index in [1.807, 2.05) is 32.9 Å². The summed E-state index contributed by atoms with van der Waals surface area (Å²) in [6.07, 6.45) is 6.98. The maximum Gasteiger partial charge on any atom is 0.408 e. The number of carbonyl (C=O) groups is 4. The van der Waals surface area contributed by atoms with Crippen molar-refractivity contribution in [2.45, 2.75) is 71.2 Å². The first-order valence-corrected chi connectivity index (χ1v) is 14.4. The highest BCUT2D eigenvalue weighted by molar-refractivity contribution is 9.09. The van der Waals surface area contributed by atoms with Gasteiger partial charge in [-0.15, -0.1) is 0 Å². The molecule has 1 aromatic rings. The van der Waals surface area contributed by atoms with Crippen LogP contribution in [0.5, 0.6) is 0 Å². The summed E-state index contributed by atoms with van der Waals surface area (Å²) >= 11 is 3.37. The second-order valence-electron chi connectivity index (χ2n) is 9.86. The third kappa shape index (κ3) is 11.7. The van der Waals surface area contributed by atoms with Crippen LogP contribution in [0, 0.1) is 11.8 Å². The molecule has 0 radical (unpaired) electrons. The Kier molecular flexibility index (Phi) is 13.9. The van der Waals surface area contributed by atoms with Gasteiger partial charge in [-0.25, -0.2) is 4.79 Å². The van der Waals surface area contributed by atoms with E-state index in [4.69, 9.17) is 9.47 Å². The molecule has 1 saturated heterocycles. The highest BCUT2D eigenvalue weighted by atomic mass is 79.9. The van der Waals surface area contributed by atoms with Gasteiger partial charge in [0.25, 0.3) is 0 Å². The van der Waals surface area contributed by atoms with Crippen LogP contribution < -0.4 is 16.0 Å². The molecule has 3 N–H and O–H groups in total. The van der Waals surface area contributed by atoms with E-state index < -0.39 is 12.1 Å². The Morgan fingerprint density at radius 3 is 2.46 bits per heavy atom. The zero-order valence-electron chi connectivity index (χ0n) is 22.9. The number of rotatable bonds is 17. The number of hydrogen-bond donors (Lipinski definition) is 3. The number of halogens is 1. The van der Waals surface area contributed by atoms with E-state index in [2.05, 4.69) is 38.5 Å². The largest absolute Gasteiger partial charge is 0.461 e. The Bertz CT molecular complexity index is 1010. The Balaban J connectivity index is 1.76. The number of unbranched alkanes of at least 4 members (excludes halogenated alkanes) is 1. The van der Waals surface area contributed by atoms with Crippen molar-refractivity contribution in [2.24, 2.45) is 11.8 Å². The van der Waals surface area contributed by atoms with E-state index >= 15 is 0 Å². The number of Topliss-reactive ketones (excluding diaryl/α,β-unsaturated/α-hetero) is 1. The molecule has 0 aliphatic carbocycles. The Morgan fingerprint density at radius 1 is 1.10 bits per heavy atom. The molecule has 9 nitrogen and oxygen atoms in total. The van der Waals surface area contributed by atoms with Crippen LogP contribution in [0.2, 0.25) is 0 Å². The quantitative estimate of drug-likeness (QED) is 0.0773. The predicted octanol–water partition coefficient (Wildman–Crippen LogP) is 4.66. The molecule has 10 heteroatoms. The number of allylic oxidation sites excluding steroid dienone is 1. The lowest BCUT2D eigenvalue weighted by molar-refractivity contribution is -0.143. The summed E-state index contributed by atoms with van der Waals surface area (Å²) in [5.74, 6) is -1.04. The number of esters is 1. The van der Waals surface area contributed by atoms with Crippen LogP contribution in [0.15, 0.2) is 49.1 Å². The molecule has 214 valence electrons. The number of carbonyl (C=O) groups excluding carboxylic acids is 4. The van der Waals surface area contributed by atoms with Crippen LogP contribution in [0.3, 0.4) is 0 Å². The minimum Gasteiger partial charge on any atom is -0.461 e. The van der Waals surface area contributed by atoms with Gasteiger partial charge in [0, 0.05) is 29.5 Å². The predicted molar refractivity (Wildman–Crippen MR) is 154 cm³/mol. The van der Waals surface area contributed by atoms with Crippen molar-refractivity contribution in [3.63, 3.8) is 0 Å². The molecule has 1 fully saturated rings. The van der Waals surface area contributed by atoms with Crippen molar-refractivity contribution in [3.05, 3.63) is 54.6 Å². The first-order chi connectivity index (χ1) is 18.7. The third-order valence-corrected chi connectivity index (χ3v) is 6.86. The Hall–Kier alpha value is -2.98. The Morgan fingerprint density at radius 2 is 1.82 bits per heavy atom. The van der Waals surface area contributed by atoms with Gasteiger partial charge >= 0.3 is 12.1 Å².